The predicted molar refractivity (Wildman–Crippen MR) is 42.4 cm³/mol. The van der Waals surface area contributed by atoms with E-state index in [2.05, 4.69) is 0 Å². The molecule has 6 heteroatoms. The molecule has 5 nitrogen and oxygen atoms in total. The third-order valence-electron chi connectivity index (χ3n) is 1.40. The fourth-order valence-electron chi connectivity index (χ4n) is 0.868. The van der Waals surface area contributed by atoms with E-state index in [1.807, 2.05) is 0 Å². The molecule has 0 aliphatic heterocycles. The molecule has 1 rings (SSSR count). The third kappa shape index (κ3) is 2.12. The van der Waals surface area contributed by atoms with Gasteiger partial charge in [-0.1, -0.05) is 0 Å². The van der Waals surface area contributed by atoms with Crippen molar-refractivity contribution in [2.45, 2.75) is 0 Å². The van der Waals surface area contributed by atoms with Crippen LogP contribution in [0, 0.1) is 0 Å². The second-order valence-corrected chi connectivity index (χ2v) is 5.19. The number of aromatic carboxylic acids is 1. The topological polar surface area (TPSA) is 91.7 Å². The molecule has 2 N–H and O–H groups in total. The molecule has 1 aromatic rings. The van der Waals surface area contributed by atoms with Crippen LogP contribution in [0.15, 0.2) is 24.3 Å². The van der Waals surface area contributed by atoms with Crippen molar-refractivity contribution in [3.8, 4) is 0 Å². The minimum absolute atomic E-state index is 0.407. The fraction of sp³-hybridized carbons (Fsp3) is 0. The molecular weight excluding hydrogens is 243 g/mol. The fourth-order valence-corrected chi connectivity index (χ4v) is 2.30. The molecule has 0 atom stereocenters. The number of carbonyl (C=O) groups is 1. The van der Waals surface area contributed by atoms with Crippen LogP contribution in [0.5, 0.6) is 0 Å². The number of carboxylic acids is 1. The predicted octanol–water partition coefficient (Wildman–Crippen LogP) is -0.616. The van der Waals surface area contributed by atoms with Gasteiger partial charge < -0.3 is 0 Å². The van der Waals surface area contributed by atoms with Gasteiger partial charge in [0.2, 0.25) is 0 Å². The monoisotopic (exact) mass is 250 g/mol. The summed E-state index contributed by atoms with van der Waals surface area (Å²) < 4.78 is 29.6. The van der Waals surface area contributed by atoms with Crippen LogP contribution in [0.25, 0.3) is 0 Å². The zero-order valence-electron chi connectivity index (χ0n) is 6.34. The zero-order valence-corrected chi connectivity index (χ0v) is 8.05. The molecule has 1 aromatic carbocycles. The van der Waals surface area contributed by atoms with Crippen LogP contribution in [0.2, 0.25) is 0 Å². The summed E-state index contributed by atoms with van der Waals surface area (Å²) in [5.74, 6) is -1.38. The molecule has 0 fully saturated rings. The summed E-state index contributed by atoms with van der Waals surface area (Å²) in [5.41, 5.74) is -0.407. The van der Waals surface area contributed by atoms with E-state index in [4.69, 9.17) is 9.30 Å². The van der Waals surface area contributed by atoms with Gasteiger partial charge >= 0.3 is 75.1 Å². The number of hydrogen-bond donors (Lipinski definition) is 2. The summed E-state index contributed by atoms with van der Waals surface area (Å²) in [4.78, 5) is 10.5. The van der Waals surface area contributed by atoms with Crippen molar-refractivity contribution in [3.05, 3.63) is 29.8 Å². The average molecular weight is 249 g/mol. The van der Waals surface area contributed by atoms with E-state index in [0.717, 1.165) is 12.1 Å². The van der Waals surface area contributed by atoms with Crippen molar-refractivity contribution in [3.63, 3.8) is 0 Å². The van der Waals surface area contributed by atoms with Gasteiger partial charge in [-0.15, -0.1) is 0 Å². The standard InChI is InChI=1S/C7H6O5Se/c8-7(9)5-3-1-2-4-6(5)13(10,11)12/h1-4H,(H,8,9)(H,10,11,12). The molecule has 70 valence electrons. The van der Waals surface area contributed by atoms with E-state index >= 15 is 0 Å². The number of benzene rings is 1. The molecule has 0 spiro atoms. The van der Waals surface area contributed by atoms with Gasteiger partial charge in [-0.25, -0.2) is 0 Å². The van der Waals surface area contributed by atoms with Gasteiger partial charge in [0.15, 0.2) is 0 Å². The van der Waals surface area contributed by atoms with Crippen LogP contribution in [0.4, 0.5) is 0 Å². The van der Waals surface area contributed by atoms with Gasteiger partial charge in [0.25, 0.3) is 0 Å². The Balaban J connectivity index is 3.46. The van der Waals surface area contributed by atoms with Gasteiger partial charge in [-0.3, -0.25) is 0 Å². The zero-order chi connectivity index (χ0) is 10.1. The van der Waals surface area contributed by atoms with E-state index in [-0.39, 0.29) is 0 Å². The first kappa shape index (κ1) is 9.85. The van der Waals surface area contributed by atoms with E-state index in [1.54, 1.807) is 0 Å². The molecule has 0 aliphatic carbocycles. The van der Waals surface area contributed by atoms with Crippen molar-refractivity contribution >= 4 is 23.5 Å². The first-order chi connectivity index (χ1) is 5.93. The van der Waals surface area contributed by atoms with Crippen LogP contribution >= 0.6 is 0 Å². The molecule has 0 amide bonds. The van der Waals surface area contributed by atoms with E-state index in [1.165, 1.54) is 12.1 Å². The van der Waals surface area contributed by atoms with Crippen LogP contribution in [0.1, 0.15) is 10.4 Å². The SMILES string of the molecule is O=C(O)c1ccccc1[Se](=O)(=O)O. The molecular formula is C7H6O5Se. The normalized spacial score (nSPS) is 11.2. The molecule has 0 aromatic heterocycles. The van der Waals surface area contributed by atoms with Gasteiger partial charge in [0.1, 0.15) is 0 Å². The first-order valence-electron chi connectivity index (χ1n) is 3.23. The molecule has 0 saturated heterocycles. The Morgan fingerprint density at radius 2 is 1.77 bits per heavy atom. The van der Waals surface area contributed by atoms with Gasteiger partial charge in [-0.2, -0.15) is 0 Å². The number of rotatable bonds is 2. The third-order valence-corrected chi connectivity index (χ3v) is 3.31. The number of hydrogen-bond acceptors (Lipinski definition) is 3. The summed E-state index contributed by atoms with van der Waals surface area (Å²) in [6, 6.07) is 4.91. The summed E-state index contributed by atoms with van der Waals surface area (Å²) >= 11 is -5.20. The quantitative estimate of drug-likeness (QED) is 0.682. The Morgan fingerprint density at radius 1 is 1.23 bits per heavy atom. The van der Waals surface area contributed by atoms with Gasteiger partial charge in [0.05, 0.1) is 0 Å². The van der Waals surface area contributed by atoms with Crippen molar-refractivity contribution in [2.24, 2.45) is 0 Å². The van der Waals surface area contributed by atoms with E-state index in [0.29, 0.717) is 0 Å². The summed E-state index contributed by atoms with van der Waals surface area (Å²) in [7, 11) is 0. The van der Waals surface area contributed by atoms with Crippen molar-refractivity contribution in [1.82, 2.24) is 0 Å². The second kappa shape index (κ2) is 3.26. The van der Waals surface area contributed by atoms with Crippen LogP contribution in [-0.2, 0) is 7.67 Å². The van der Waals surface area contributed by atoms with Gasteiger partial charge in [-0.05, 0) is 0 Å². The molecule has 0 unspecified atom stereocenters. The molecule has 0 radical (unpaired) electrons. The Labute approximate surface area is 75.6 Å². The second-order valence-electron chi connectivity index (χ2n) is 2.28. The van der Waals surface area contributed by atoms with Crippen LogP contribution in [0.3, 0.4) is 0 Å². The van der Waals surface area contributed by atoms with E-state index < -0.39 is 29.0 Å². The minimum atomic E-state index is -5.20. The molecule has 13 heavy (non-hydrogen) atoms. The molecule has 0 saturated carbocycles. The van der Waals surface area contributed by atoms with Gasteiger partial charge in [0, 0.05) is 0 Å². The molecule has 0 bridgehead atoms. The Kier molecular flexibility index (Phi) is 2.47. The Bertz CT molecular complexity index is 434. The Hall–Kier alpha value is -1.23. The first-order valence-corrected chi connectivity index (χ1v) is 6.25. The summed E-state index contributed by atoms with van der Waals surface area (Å²) in [5, 5.41) is 8.57. The Morgan fingerprint density at radius 3 is 2.15 bits per heavy atom. The van der Waals surface area contributed by atoms with E-state index in [9.17, 15) is 12.5 Å². The molecule has 0 heterocycles. The molecule has 0 aliphatic rings. The van der Waals surface area contributed by atoms with Crippen molar-refractivity contribution < 1.29 is 21.8 Å². The van der Waals surface area contributed by atoms with Crippen LogP contribution < -0.4 is 4.46 Å². The number of carboxylic acid groups (broad SMARTS) is 1. The summed E-state index contributed by atoms with van der Waals surface area (Å²) in [6.07, 6.45) is 0. The summed E-state index contributed by atoms with van der Waals surface area (Å²) in [6.45, 7) is 0. The van der Waals surface area contributed by atoms with Crippen molar-refractivity contribution in [1.29, 1.82) is 0 Å². The average Bonchev–Trinajstić information content (AvgIpc) is 2.03. The maximum absolute atomic E-state index is 10.7. The maximum atomic E-state index is 10.7. The van der Waals surface area contributed by atoms with Crippen molar-refractivity contribution in [2.75, 3.05) is 0 Å². The van der Waals surface area contributed by atoms with Crippen LogP contribution in [-0.4, -0.2) is 28.3 Å².